The van der Waals surface area contributed by atoms with Crippen molar-refractivity contribution in [2.24, 2.45) is 0 Å². The number of fused-ring (bicyclic) bond motifs is 5. The summed E-state index contributed by atoms with van der Waals surface area (Å²) in [5.74, 6) is 0.753. The molecule has 5 rings (SSSR count). The highest BCUT2D eigenvalue weighted by Crippen LogP contribution is 2.43. The molecular weight excluding hydrogens is 408 g/mol. The molecule has 1 aromatic carbocycles. The number of aliphatic hydroxyl groups excluding tert-OH is 2. The van der Waals surface area contributed by atoms with E-state index in [9.17, 15) is 10.2 Å². The minimum Gasteiger partial charge on any atom is -0.392 e. The Labute approximate surface area is 185 Å². The molecule has 0 unspecified atom stereocenters. The summed E-state index contributed by atoms with van der Waals surface area (Å²) < 4.78 is 0.964. The van der Waals surface area contributed by atoms with Crippen LogP contribution in [-0.2, 0) is 12.8 Å². The van der Waals surface area contributed by atoms with Crippen molar-refractivity contribution in [2.75, 3.05) is 18.0 Å². The van der Waals surface area contributed by atoms with Crippen LogP contribution in [-0.4, -0.2) is 50.5 Å². The van der Waals surface area contributed by atoms with Gasteiger partial charge in [-0.05, 0) is 44.2 Å². The van der Waals surface area contributed by atoms with Gasteiger partial charge in [-0.25, -0.2) is 15.0 Å². The Hall–Kier alpha value is -2.61. The molecule has 0 fully saturated rings. The molecule has 0 radical (unpaired) electrons. The number of hydrogen-bond acceptors (Lipinski definition) is 7. The van der Waals surface area contributed by atoms with Gasteiger partial charge in [0.25, 0.3) is 0 Å². The predicted octanol–water partition coefficient (Wildman–Crippen LogP) is 3.96. The van der Waals surface area contributed by atoms with Crippen LogP contribution >= 0.6 is 11.3 Å². The summed E-state index contributed by atoms with van der Waals surface area (Å²) in [5, 5.41) is 21.2. The minimum absolute atomic E-state index is 0.395. The third-order valence-corrected chi connectivity index (χ3v) is 6.84. The summed E-state index contributed by atoms with van der Waals surface area (Å²) in [6.45, 7) is 4.29. The van der Waals surface area contributed by atoms with Gasteiger partial charge in [-0.3, -0.25) is 0 Å². The molecule has 2 N–H and O–H groups in total. The van der Waals surface area contributed by atoms with E-state index < -0.39 is 12.2 Å². The van der Waals surface area contributed by atoms with Gasteiger partial charge in [-0.1, -0.05) is 30.3 Å². The SMILES string of the molecule is C[C@H](O)CN(C[C@@H](C)O)c1ncnc2c1sc1nc(-c3ccccc3)c3c(c12)CCC3. The zero-order valence-electron chi connectivity index (χ0n) is 17.7. The van der Waals surface area contributed by atoms with Crippen LogP contribution in [0.5, 0.6) is 0 Å². The van der Waals surface area contributed by atoms with Crippen molar-refractivity contribution >= 4 is 37.6 Å². The number of hydrogen-bond donors (Lipinski definition) is 2. The molecule has 0 spiro atoms. The average molecular weight is 435 g/mol. The Bertz CT molecular complexity index is 1230. The van der Waals surface area contributed by atoms with Gasteiger partial charge in [-0.2, -0.15) is 0 Å². The lowest BCUT2D eigenvalue weighted by Gasteiger charge is -2.26. The highest BCUT2D eigenvalue weighted by molar-refractivity contribution is 7.26. The lowest BCUT2D eigenvalue weighted by Crippen LogP contribution is -2.37. The maximum atomic E-state index is 10.0. The zero-order valence-corrected chi connectivity index (χ0v) is 18.6. The first-order chi connectivity index (χ1) is 15.0. The number of aromatic nitrogens is 3. The van der Waals surface area contributed by atoms with Crippen LogP contribution in [0.3, 0.4) is 0 Å². The Kier molecular flexibility index (Phi) is 5.33. The highest BCUT2D eigenvalue weighted by atomic mass is 32.1. The summed E-state index contributed by atoms with van der Waals surface area (Å²) in [4.78, 5) is 17.3. The standard InChI is InChI=1S/C24H26N4O2S/c1-14(29)11-28(12-15(2)30)23-22-21(25-13-26-23)19-17-9-6-10-18(17)20(27-24(19)31-22)16-7-4-3-5-8-16/h3-5,7-8,13-15,29-30H,6,9-12H2,1-2H3/t14-,15+. The van der Waals surface area contributed by atoms with Crippen LogP contribution in [0.15, 0.2) is 36.7 Å². The maximum Gasteiger partial charge on any atom is 0.150 e. The quantitative estimate of drug-likeness (QED) is 0.478. The normalized spacial score (nSPS) is 15.4. The Morgan fingerprint density at radius 3 is 2.42 bits per heavy atom. The third kappa shape index (κ3) is 3.67. The number of nitrogens with zero attached hydrogens (tertiary/aromatic N) is 4. The van der Waals surface area contributed by atoms with Crippen molar-refractivity contribution in [2.45, 2.75) is 45.3 Å². The molecule has 160 valence electrons. The van der Waals surface area contributed by atoms with Gasteiger partial charge in [0.05, 0.1) is 28.1 Å². The van der Waals surface area contributed by atoms with Crippen molar-refractivity contribution in [3.8, 4) is 11.3 Å². The third-order valence-electron chi connectivity index (χ3n) is 5.77. The smallest absolute Gasteiger partial charge is 0.150 e. The summed E-state index contributed by atoms with van der Waals surface area (Å²) in [6, 6.07) is 10.4. The first-order valence-corrected chi connectivity index (χ1v) is 11.6. The van der Waals surface area contributed by atoms with Crippen LogP contribution < -0.4 is 4.90 Å². The second-order valence-electron chi connectivity index (χ2n) is 8.40. The lowest BCUT2D eigenvalue weighted by molar-refractivity contribution is 0.178. The molecule has 0 aliphatic heterocycles. The average Bonchev–Trinajstić information content (AvgIpc) is 3.36. The van der Waals surface area contributed by atoms with E-state index in [1.165, 1.54) is 11.1 Å². The van der Waals surface area contributed by atoms with Crippen LogP contribution in [0.1, 0.15) is 31.4 Å². The second kappa shape index (κ2) is 8.15. The summed E-state index contributed by atoms with van der Waals surface area (Å²) in [6.07, 6.45) is 3.71. The summed E-state index contributed by atoms with van der Waals surface area (Å²) in [5.41, 5.74) is 5.85. The molecule has 0 saturated carbocycles. The molecule has 2 atom stereocenters. The first kappa shape index (κ1) is 20.3. The Morgan fingerprint density at radius 1 is 1.00 bits per heavy atom. The molecule has 0 amide bonds. The maximum absolute atomic E-state index is 10.0. The van der Waals surface area contributed by atoms with Crippen molar-refractivity contribution < 1.29 is 10.2 Å². The van der Waals surface area contributed by atoms with Crippen molar-refractivity contribution in [1.82, 2.24) is 15.0 Å². The van der Waals surface area contributed by atoms with Gasteiger partial charge < -0.3 is 15.1 Å². The molecule has 31 heavy (non-hydrogen) atoms. The van der Waals surface area contributed by atoms with E-state index >= 15 is 0 Å². The molecule has 0 saturated heterocycles. The van der Waals surface area contributed by atoms with Crippen molar-refractivity contribution in [3.63, 3.8) is 0 Å². The van der Waals surface area contributed by atoms with E-state index in [0.29, 0.717) is 13.1 Å². The molecule has 3 heterocycles. The van der Waals surface area contributed by atoms with Gasteiger partial charge in [0, 0.05) is 24.0 Å². The van der Waals surface area contributed by atoms with Crippen LogP contribution in [0.25, 0.3) is 31.7 Å². The monoisotopic (exact) mass is 434 g/mol. The van der Waals surface area contributed by atoms with Crippen LogP contribution in [0.2, 0.25) is 0 Å². The van der Waals surface area contributed by atoms with E-state index in [2.05, 4.69) is 34.2 Å². The van der Waals surface area contributed by atoms with E-state index in [1.807, 2.05) is 11.0 Å². The fraction of sp³-hybridized carbons (Fsp3) is 0.375. The lowest BCUT2D eigenvalue weighted by atomic mass is 10.0. The predicted molar refractivity (Wildman–Crippen MR) is 126 cm³/mol. The number of benzene rings is 1. The molecule has 1 aliphatic carbocycles. The fourth-order valence-corrected chi connectivity index (χ4v) is 5.81. The Balaban J connectivity index is 1.74. The fourth-order valence-electron chi connectivity index (χ4n) is 4.63. The van der Waals surface area contributed by atoms with Gasteiger partial charge >= 0.3 is 0 Å². The molecule has 7 heteroatoms. The molecule has 4 aromatic rings. The van der Waals surface area contributed by atoms with E-state index in [-0.39, 0.29) is 0 Å². The number of rotatable bonds is 6. The molecule has 0 bridgehead atoms. The van der Waals surface area contributed by atoms with Gasteiger partial charge in [-0.15, -0.1) is 11.3 Å². The largest absolute Gasteiger partial charge is 0.392 e. The second-order valence-corrected chi connectivity index (χ2v) is 9.40. The zero-order chi connectivity index (χ0) is 21.5. The number of aryl methyl sites for hydroxylation is 1. The Morgan fingerprint density at radius 2 is 1.71 bits per heavy atom. The van der Waals surface area contributed by atoms with Gasteiger partial charge in [0.15, 0.2) is 0 Å². The summed E-state index contributed by atoms with van der Waals surface area (Å²) in [7, 11) is 0. The number of pyridine rings is 1. The number of aliphatic hydroxyl groups is 2. The van der Waals surface area contributed by atoms with Crippen LogP contribution in [0, 0.1) is 0 Å². The van der Waals surface area contributed by atoms with Gasteiger partial charge in [0.2, 0.25) is 0 Å². The minimum atomic E-state index is -0.537. The van der Waals surface area contributed by atoms with Crippen LogP contribution in [0.4, 0.5) is 5.82 Å². The highest BCUT2D eigenvalue weighted by Gasteiger charge is 2.26. The number of thiophene rings is 1. The molecule has 1 aliphatic rings. The van der Waals surface area contributed by atoms with Crippen molar-refractivity contribution in [3.05, 3.63) is 47.8 Å². The first-order valence-electron chi connectivity index (χ1n) is 10.8. The van der Waals surface area contributed by atoms with E-state index in [4.69, 9.17) is 4.98 Å². The van der Waals surface area contributed by atoms with Gasteiger partial charge in [0.1, 0.15) is 17.0 Å². The molecule has 3 aromatic heterocycles. The topological polar surface area (TPSA) is 82.4 Å². The summed E-state index contributed by atoms with van der Waals surface area (Å²) >= 11 is 1.60. The number of anilines is 1. The molecule has 6 nitrogen and oxygen atoms in total. The van der Waals surface area contributed by atoms with E-state index in [0.717, 1.165) is 56.8 Å². The van der Waals surface area contributed by atoms with E-state index in [1.54, 1.807) is 31.5 Å². The molecular formula is C24H26N4O2S. The van der Waals surface area contributed by atoms with Crippen molar-refractivity contribution in [1.29, 1.82) is 0 Å².